The standard InChI is InChI=1S/C20H32N2O/c1-15(2)19(16(3)4)14-23-18-12-22(13-18)17(5)10-11-20(6,7)21(8)9/h14,16,18H,1,5,12-13H2,2-4,6-9H3/b19-14-. The van der Waals surface area contributed by atoms with E-state index in [-0.39, 0.29) is 11.6 Å². The predicted octanol–water partition coefficient (Wildman–Crippen LogP) is 3.66. The molecule has 0 radical (unpaired) electrons. The molecule has 0 N–H and O–H groups in total. The quantitative estimate of drug-likeness (QED) is 0.422. The molecule has 128 valence electrons. The van der Waals surface area contributed by atoms with E-state index >= 15 is 0 Å². The van der Waals surface area contributed by atoms with E-state index in [1.807, 2.05) is 27.3 Å². The van der Waals surface area contributed by atoms with Gasteiger partial charge in [-0.15, -0.1) is 0 Å². The lowest BCUT2D eigenvalue weighted by Crippen LogP contribution is -2.50. The number of hydrogen-bond acceptors (Lipinski definition) is 3. The molecule has 0 aromatic heterocycles. The highest BCUT2D eigenvalue weighted by Gasteiger charge is 2.28. The first-order chi connectivity index (χ1) is 10.5. The Morgan fingerprint density at radius 3 is 2.30 bits per heavy atom. The molecule has 1 aliphatic rings. The van der Waals surface area contributed by atoms with Crippen molar-refractivity contribution < 1.29 is 4.74 Å². The van der Waals surface area contributed by atoms with Crippen LogP contribution in [-0.2, 0) is 4.74 Å². The van der Waals surface area contributed by atoms with E-state index in [2.05, 4.69) is 62.5 Å². The lowest BCUT2D eigenvalue weighted by atomic mass is 9.99. The zero-order chi connectivity index (χ0) is 17.8. The fourth-order valence-electron chi connectivity index (χ4n) is 2.06. The summed E-state index contributed by atoms with van der Waals surface area (Å²) in [6.07, 6.45) is 2.09. The van der Waals surface area contributed by atoms with E-state index in [1.165, 1.54) is 5.57 Å². The number of likely N-dealkylation sites (tertiary alicyclic amines) is 1. The van der Waals surface area contributed by atoms with E-state index in [0.29, 0.717) is 5.92 Å². The van der Waals surface area contributed by atoms with Crippen molar-refractivity contribution in [1.82, 2.24) is 9.80 Å². The van der Waals surface area contributed by atoms with Gasteiger partial charge < -0.3 is 9.64 Å². The Morgan fingerprint density at radius 1 is 1.30 bits per heavy atom. The van der Waals surface area contributed by atoms with Crippen LogP contribution >= 0.6 is 0 Å². The third-order valence-corrected chi connectivity index (χ3v) is 4.36. The van der Waals surface area contributed by atoms with E-state index < -0.39 is 0 Å². The Morgan fingerprint density at radius 2 is 1.87 bits per heavy atom. The Bertz CT molecular complexity index is 538. The highest BCUT2D eigenvalue weighted by atomic mass is 16.5. The normalized spacial score (nSPS) is 16.0. The lowest BCUT2D eigenvalue weighted by molar-refractivity contribution is 0.0138. The van der Waals surface area contributed by atoms with Crippen LogP contribution in [0.5, 0.6) is 0 Å². The number of nitrogens with zero attached hydrogens (tertiary/aromatic N) is 2. The van der Waals surface area contributed by atoms with Crippen LogP contribution in [-0.4, -0.2) is 48.6 Å². The minimum Gasteiger partial charge on any atom is -0.494 e. The van der Waals surface area contributed by atoms with Crippen LogP contribution in [0.2, 0.25) is 0 Å². The average Bonchev–Trinajstić information content (AvgIpc) is 2.37. The van der Waals surface area contributed by atoms with Gasteiger partial charge in [0.25, 0.3) is 0 Å². The molecule has 0 saturated carbocycles. The van der Waals surface area contributed by atoms with Crippen LogP contribution in [0, 0.1) is 17.8 Å². The molecule has 1 fully saturated rings. The van der Waals surface area contributed by atoms with Crippen molar-refractivity contribution in [2.24, 2.45) is 5.92 Å². The van der Waals surface area contributed by atoms with Gasteiger partial charge in [0.05, 0.1) is 30.6 Å². The second kappa shape index (κ2) is 7.75. The summed E-state index contributed by atoms with van der Waals surface area (Å²) in [5.74, 6) is 6.88. The summed E-state index contributed by atoms with van der Waals surface area (Å²) in [5.41, 5.74) is 2.96. The molecule has 0 unspecified atom stereocenters. The second-order valence-corrected chi connectivity index (χ2v) is 7.32. The molecule has 1 saturated heterocycles. The van der Waals surface area contributed by atoms with Crippen LogP contribution in [0.4, 0.5) is 0 Å². The zero-order valence-corrected chi connectivity index (χ0v) is 15.9. The maximum absolute atomic E-state index is 5.86. The molecular formula is C20H32N2O. The Balaban J connectivity index is 2.51. The molecule has 1 aliphatic heterocycles. The average molecular weight is 316 g/mol. The fraction of sp³-hybridized carbons (Fsp3) is 0.600. The van der Waals surface area contributed by atoms with E-state index in [1.54, 1.807) is 0 Å². The van der Waals surface area contributed by atoms with Gasteiger partial charge in [-0.05, 0) is 52.3 Å². The van der Waals surface area contributed by atoms with E-state index in [9.17, 15) is 0 Å². The van der Waals surface area contributed by atoms with E-state index in [0.717, 1.165) is 24.4 Å². The van der Waals surface area contributed by atoms with Crippen molar-refractivity contribution >= 4 is 0 Å². The number of ether oxygens (including phenoxy) is 1. The molecule has 0 spiro atoms. The lowest BCUT2D eigenvalue weighted by Gasteiger charge is -2.39. The van der Waals surface area contributed by atoms with Gasteiger partial charge in [-0.3, -0.25) is 4.90 Å². The largest absolute Gasteiger partial charge is 0.494 e. The third-order valence-electron chi connectivity index (χ3n) is 4.36. The van der Waals surface area contributed by atoms with Gasteiger partial charge in [0.1, 0.15) is 6.10 Å². The molecule has 3 nitrogen and oxygen atoms in total. The van der Waals surface area contributed by atoms with Crippen LogP contribution in [0.15, 0.2) is 36.3 Å². The Kier molecular flexibility index (Phi) is 6.53. The molecule has 0 aromatic carbocycles. The Labute approximate surface area is 142 Å². The topological polar surface area (TPSA) is 15.7 Å². The first-order valence-electron chi connectivity index (χ1n) is 8.20. The maximum Gasteiger partial charge on any atom is 0.133 e. The number of hydrogen-bond donors (Lipinski definition) is 0. The van der Waals surface area contributed by atoms with Gasteiger partial charge >= 0.3 is 0 Å². The zero-order valence-electron chi connectivity index (χ0n) is 15.9. The van der Waals surface area contributed by atoms with Crippen molar-refractivity contribution in [3.05, 3.63) is 36.3 Å². The molecule has 3 heteroatoms. The van der Waals surface area contributed by atoms with Crippen LogP contribution in [0.3, 0.4) is 0 Å². The van der Waals surface area contributed by atoms with Crippen molar-refractivity contribution in [3.63, 3.8) is 0 Å². The van der Waals surface area contributed by atoms with Crippen molar-refractivity contribution in [1.29, 1.82) is 0 Å². The minimum atomic E-state index is -0.153. The minimum absolute atomic E-state index is 0.153. The SMILES string of the molecule is C=C(C)/C(=C/OC1CN(C(=C)C#CC(C)(C)N(C)C)C1)C(C)C. The number of rotatable bonds is 6. The summed E-state index contributed by atoms with van der Waals surface area (Å²) in [6, 6.07) is 0. The van der Waals surface area contributed by atoms with Gasteiger partial charge in [-0.2, -0.15) is 0 Å². The fourth-order valence-corrected chi connectivity index (χ4v) is 2.06. The Hall–Kier alpha value is -1.66. The van der Waals surface area contributed by atoms with Gasteiger partial charge in [-0.25, -0.2) is 0 Å². The molecule has 1 heterocycles. The first-order valence-corrected chi connectivity index (χ1v) is 8.20. The highest BCUT2D eigenvalue weighted by molar-refractivity contribution is 5.30. The molecular weight excluding hydrogens is 284 g/mol. The third kappa shape index (κ3) is 5.48. The second-order valence-electron chi connectivity index (χ2n) is 7.32. The van der Waals surface area contributed by atoms with Crippen LogP contribution in [0.1, 0.15) is 34.6 Å². The van der Waals surface area contributed by atoms with Crippen molar-refractivity contribution in [2.75, 3.05) is 27.2 Å². The summed E-state index contributed by atoms with van der Waals surface area (Å²) < 4.78 is 5.86. The van der Waals surface area contributed by atoms with E-state index in [4.69, 9.17) is 4.74 Å². The van der Waals surface area contributed by atoms with Gasteiger partial charge in [0.2, 0.25) is 0 Å². The van der Waals surface area contributed by atoms with Crippen LogP contribution in [0.25, 0.3) is 0 Å². The number of allylic oxidation sites excluding steroid dienone is 3. The van der Waals surface area contributed by atoms with Crippen molar-refractivity contribution in [2.45, 2.75) is 46.3 Å². The summed E-state index contributed by atoms with van der Waals surface area (Å²) in [5, 5.41) is 0. The van der Waals surface area contributed by atoms with Crippen LogP contribution < -0.4 is 0 Å². The van der Waals surface area contributed by atoms with Gasteiger partial charge in [-0.1, -0.05) is 38.5 Å². The van der Waals surface area contributed by atoms with Gasteiger partial charge in [0.15, 0.2) is 0 Å². The molecule has 0 atom stereocenters. The van der Waals surface area contributed by atoms with Gasteiger partial charge in [0, 0.05) is 0 Å². The smallest absolute Gasteiger partial charge is 0.133 e. The molecule has 0 bridgehead atoms. The molecule has 0 amide bonds. The predicted molar refractivity (Wildman–Crippen MR) is 98.9 cm³/mol. The summed E-state index contributed by atoms with van der Waals surface area (Å²) >= 11 is 0. The monoisotopic (exact) mass is 316 g/mol. The summed E-state index contributed by atoms with van der Waals surface area (Å²) in [7, 11) is 4.07. The maximum atomic E-state index is 5.86. The molecule has 0 aliphatic carbocycles. The molecule has 1 rings (SSSR count). The summed E-state index contributed by atoms with van der Waals surface area (Å²) in [6.45, 7) is 20.3. The first kappa shape index (κ1) is 19.4. The molecule has 23 heavy (non-hydrogen) atoms. The highest BCUT2D eigenvalue weighted by Crippen LogP contribution is 2.21. The molecule has 0 aromatic rings. The van der Waals surface area contributed by atoms with Crippen molar-refractivity contribution in [3.8, 4) is 11.8 Å². The summed E-state index contributed by atoms with van der Waals surface area (Å²) in [4.78, 5) is 4.26.